The molecule has 1 aromatic carbocycles. The molecule has 2 amide bonds. The molecule has 1 aromatic rings. The third-order valence-corrected chi connectivity index (χ3v) is 5.86. The molecular formula is C18H27N3O4S. The summed E-state index contributed by atoms with van der Waals surface area (Å²) in [5, 5.41) is 2.83. The molecule has 144 valence electrons. The van der Waals surface area contributed by atoms with Crippen molar-refractivity contribution in [3.63, 3.8) is 0 Å². The molecule has 1 saturated heterocycles. The van der Waals surface area contributed by atoms with Gasteiger partial charge < -0.3 is 10.2 Å². The van der Waals surface area contributed by atoms with E-state index in [2.05, 4.69) is 5.32 Å². The zero-order chi connectivity index (χ0) is 19.5. The monoisotopic (exact) mass is 381 g/mol. The van der Waals surface area contributed by atoms with Gasteiger partial charge in [0, 0.05) is 31.7 Å². The van der Waals surface area contributed by atoms with Crippen molar-refractivity contribution in [2.45, 2.75) is 26.8 Å². The Labute approximate surface area is 155 Å². The molecule has 1 fully saturated rings. The second-order valence-corrected chi connectivity index (χ2v) is 9.03. The predicted molar refractivity (Wildman–Crippen MR) is 100 cm³/mol. The standard InChI is InChI=1S/C18H27N3O4S/c1-13(2)16(19-17(22)15-7-5-14(3)6-8-15)18(23)20-9-11-21(12-10-20)26(4,24)25/h5-8,13,16H,9-12H2,1-4H3,(H,19,22)/t16-/m0/s1. The molecule has 0 radical (unpaired) electrons. The van der Waals surface area contributed by atoms with Gasteiger partial charge in [0.15, 0.2) is 0 Å². The lowest BCUT2D eigenvalue weighted by atomic mass is 10.0. The Balaban J connectivity index is 2.04. The molecule has 26 heavy (non-hydrogen) atoms. The molecule has 0 aliphatic carbocycles. The fraction of sp³-hybridized carbons (Fsp3) is 0.556. The van der Waals surface area contributed by atoms with Gasteiger partial charge in [-0.25, -0.2) is 8.42 Å². The van der Waals surface area contributed by atoms with Crippen LogP contribution in [0.4, 0.5) is 0 Å². The summed E-state index contributed by atoms with van der Waals surface area (Å²) in [6.07, 6.45) is 1.17. The Morgan fingerprint density at radius 3 is 2.04 bits per heavy atom. The van der Waals surface area contributed by atoms with E-state index in [-0.39, 0.29) is 30.8 Å². The van der Waals surface area contributed by atoms with Crippen LogP contribution in [0.25, 0.3) is 0 Å². The Bertz CT molecular complexity index is 751. The van der Waals surface area contributed by atoms with Crippen molar-refractivity contribution in [1.82, 2.24) is 14.5 Å². The molecule has 0 unspecified atom stereocenters. The molecule has 2 rings (SSSR count). The van der Waals surface area contributed by atoms with Crippen LogP contribution in [0, 0.1) is 12.8 Å². The van der Waals surface area contributed by atoms with Gasteiger partial charge in [0.1, 0.15) is 6.04 Å². The molecule has 8 heteroatoms. The zero-order valence-corrected chi connectivity index (χ0v) is 16.5. The minimum atomic E-state index is -3.24. The predicted octanol–water partition coefficient (Wildman–Crippen LogP) is 0.853. The summed E-state index contributed by atoms with van der Waals surface area (Å²) in [4.78, 5) is 27.0. The number of hydrogen-bond acceptors (Lipinski definition) is 4. The van der Waals surface area contributed by atoms with E-state index >= 15 is 0 Å². The van der Waals surface area contributed by atoms with Crippen LogP contribution in [-0.4, -0.2) is 67.9 Å². The van der Waals surface area contributed by atoms with Gasteiger partial charge in [-0.1, -0.05) is 31.5 Å². The van der Waals surface area contributed by atoms with Crippen molar-refractivity contribution in [3.8, 4) is 0 Å². The van der Waals surface area contributed by atoms with E-state index in [4.69, 9.17) is 0 Å². The van der Waals surface area contributed by atoms with Gasteiger partial charge in [-0.15, -0.1) is 0 Å². The first-order chi connectivity index (χ1) is 12.1. The Hall–Kier alpha value is -1.93. The summed E-state index contributed by atoms with van der Waals surface area (Å²) in [6.45, 7) is 6.92. The lowest BCUT2D eigenvalue weighted by Gasteiger charge is -2.36. The minimum Gasteiger partial charge on any atom is -0.340 e. The van der Waals surface area contributed by atoms with E-state index in [0.29, 0.717) is 18.7 Å². The maximum absolute atomic E-state index is 12.9. The minimum absolute atomic E-state index is 0.0789. The molecule has 0 spiro atoms. The number of nitrogens with zero attached hydrogens (tertiary/aromatic N) is 2. The van der Waals surface area contributed by atoms with Gasteiger partial charge in [-0.05, 0) is 25.0 Å². The van der Waals surface area contributed by atoms with Crippen molar-refractivity contribution >= 4 is 21.8 Å². The maximum Gasteiger partial charge on any atom is 0.251 e. The quantitative estimate of drug-likeness (QED) is 0.819. The molecule has 0 aromatic heterocycles. The van der Waals surface area contributed by atoms with Crippen LogP contribution in [0.3, 0.4) is 0 Å². The number of nitrogens with one attached hydrogen (secondary N) is 1. The van der Waals surface area contributed by atoms with Crippen molar-refractivity contribution < 1.29 is 18.0 Å². The smallest absolute Gasteiger partial charge is 0.251 e. The van der Waals surface area contributed by atoms with Gasteiger partial charge in [0.2, 0.25) is 15.9 Å². The van der Waals surface area contributed by atoms with Crippen LogP contribution in [0.1, 0.15) is 29.8 Å². The van der Waals surface area contributed by atoms with Crippen LogP contribution < -0.4 is 5.32 Å². The van der Waals surface area contributed by atoms with Crippen LogP contribution in [-0.2, 0) is 14.8 Å². The topological polar surface area (TPSA) is 86.8 Å². The number of rotatable bonds is 5. The van der Waals surface area contributed by atoms with Gasteiger partial charge in [0.25, 0.3) is 5.91 Å². The third kappa shape index (κ3) is 5.04. The highest BCUT2D eigenvalue weighted by atomic mass is 32.2. The SMILES string of the molecule is Cc1ccc(C(=O)N[C@H](C(=O)N2CCN(S(C)(=O)=O)CC2)C(C)C)cc1. The summed E-state index contributed by atoms with van der Waals surface area (Å²) in [7, 11) is -3.24. The summed E-state index contributed by atoms with van der Waals surface area (Å²) in [5.41, 5.74) is 1.57. The summed E-state index contributed by atoms with van der Waals surface area (Å²) in [6, 6.07) is 6.53. The third-order valence-electron chi connectivity index (χ3n) is 4.55. The van der Waals surface area contributed by atoms with E-state index < -0.39 is 16.1 Å². The summed E-state index contributed by atoms with van der Waals surface area (Å²) < 4.78 is 24.6. The lowest BCUT2D eigenvalue weighted by molar-refractivity contribution is -0.135. The van der Waals surface area contributed by atoms with Gasteiger partial charge >= 0.3 is 0 Å². The molecule has 0 bridgehead atoms. The fourth-order valence-electron chi connectivity index (χ4n) is 2.88. The van der Waals surface area contributed by atoms with Crippen LogP contribution >= 0.6 is 0 Å². The molecule has 1 atom stereocenters. The van der Waals surface area contributed by atoms with Crippen LogP contribution in [0.5, 0.6) is 0 Å². The number of benzene rings is 1. The van der Waals surface area contributed by atoms with E-state index in [1.165, 1.54) is 10.6 Å². The highest BCUT2D eigenvalue weighted by Crippen LogP contribution is 2.12. The van der Waals surface area contributed by atoms with Gasteiger partial charge in [-0.3, -0.25) is 9.59 Å². The molecule has 1 N–H and O–H groups in total. The number of aryl methyl sites for hydroxylation is 1. The molecule has 1 aliphatic heterocycles. The van der Waals surface area contributed by atoms with Crippen molar-refractivity contribution in [2.75, 3.05) is 32.4 Å². The first-order valence-corrected chi connectivity index (χ1v) is 10.6. The Morgan fingerprint density at radius 2 is 1.58 bits per heavy atom. The van der Waals surface area contributed by atoms with E-state index in [1.807, 2.05) is 32.9 Å². The number of hydrogen-bond donors (Lipinski definition) is 1. The van der Waals surface area contributed by atoms with Crippen molar-refractivity contribution in [2.24, 2.45) is 5.92 Å². The van der Waals surface area contributed by atoms with Crippen LogP contribution in [0.2, 0.25) is 0 Å². The summed E-state index contributed by atoms with van der Waals surface area (Å²) >= 11 is 0. The van der Waals surface area contributed by atoms with Gasteiger partial charge in [0.05, 0.1) is 6.26 Å². The number of sulfonamides is 1. The number of carbonyl (C=O) groups is 2. The average Bonchev–Trinajstić information content (AvgIpc) is 2.58. The second kappa shape index (κ2) is 8.18. The molecule has 1 heterocycles. The Morgan fingerprint density at radius 1 is 1.04 bits per heavy atom. The van der Waals surface area contributed by atoms with Crippen LogP contribution in [0.15, 0.2) is 24.3 Å². The molecular weight excluding hydrogens is 354 g/mol. The number of carbonyl (C=O) groups excluding carboxylic acids is 2. The summed E-state index contributed by atoms with van der Waals surface area (Å²) in [5.74, 6) is -0.537. The lowest BCUT2D eigenvalue weighted by Crippen LogP contribution is -2.57. The molecule has 1 aliphatic rings. The fourth-order valence-corrected chi connectivity index (χ4v) is 3.71. The first kappa shape index (κ1) is 20.4. The first-order valence-electron chi connectivity index (χ1n) is 8.71. The van der Waals surface area contributed by atoms with E-state index in [0.717, 1.165) is 5.56 Å². The van der Waals surface area contributed by atoms with E-state index in [1.54, 1.807) is 17.0 Å². The molecule has 7 nitrogen and oxygen atoms in total. The second-order valence-electron chi connectivity index (χ2n) is 7.05. The number of amides is 2. The van der Waals surface area contributed by atoms with Gasteiger partial charge in [-0.2, -0.15) is 4.31 Å². The molecule has 0 saturated carbocycles. The number of piperazine rings is 1. The Kier molecular flexibility index (Phi) is 6.41. The largest absolute Gasteiger partial charge is 0.340 e. The highest BCUT2D eigenvalue weighted by molar-refractivity contribution is 7.88. The van der Waals surface area contributed by atoms with Crippen molar-refractivity contribution in [1.29, 1.82) is 0 Å². The maximum atomic E-state index is 12.9. The van der Waals surface area contributed by atoms with Crippen molar-refractivity contribution in [3.05, 3.63) is 35.4 Å². The normalized spacial score (nSPS) is 17.2. The van der Waals surface area contributed by atoms with E-state index in [9.17, 15) is 18.0 Å². The zero-order valence-electron chi connectivity index (χ0n) is 15.7. The highest BCUT2D eigenvalue weighted by Gasteiger charge is 2.32. The average molecular weight is 381 g/mol.